The molecule has 1 aliphatic carbocycles. The molecule has 0 bridgehead atoms. The molecule has 2 aliphatic rings. The number of fused-ring (bicyclic) bond motifs is 3. The lowest BCUT2D eigenvalue weighted by Crippen LogP contribution is -2.33. The van der Waals surface area contributed by atoms with E-state index in [1.54, 1.807) is 17.3 Å². The number of nitrogens with zero attached hydrogens (tertiary/aromatic N) is 4. The van der Waals surface area contributed by atoms with Gasteiger partial charge in [0, 0.05) is 42.0 Å². The van der Waals surface area contributed by atoms with Gasteiger partial charge >= 0.3 is 0 Å². The van der Waals surface area contributed by atoms with Crippen LogP contribution in [0.1, 0.15) is 30.4 Å². The van der Waals surface area contributed by atoms with Crippen molar-refractivity contribution in [1.82, 2.24) is 15.0 Å². The maximum atomic E-state index is 13.2. The summed E-state index contributed by atoms with van der Waals surface area (Å²) in [4.78, 5) is 27.9. The standard InChI is InChI=1S/C22H20FN5O/c1-13-10-18-15(4-3-8-24-18)11-17(13)26-21-25-12-16-19(27-21)28(9-5-14(2)23)20(29)22(16)6-7-22/h3-4,8,10-12H,2,5-7,9H2,1H3,(H,25,26,27). The number of rotatable bonds is 5. The zero-order valence-electron chi connectivity index (χ0n) is 16.1. The molecule has 0 radical (unpaired) electrons. The van der Waals surface area contributed by atoms with Crippen LogP contribution in [-0.4, -0.2) is 27.4 Å². The smallest absolute Gasteiger partial charge is 0.239 e. The number of aromatic nitrogens is 3. The van der Waals surface area contributed by atoms with E-state index in [0.717, 1.165) is 40.6 Å². The molecule has 146 valence electrons. The molecule has 0 unspecified atom stereocenters. The van der Waals surface area contributed by atoms with Gasteiger partial charge in [0.25, 0.3) is 0 Å². The number of nitrogens with one attached hydrogen (secondary N) is 1. The van der Waals surface area contributed by atoms with Crippen LogP contribution < -0.4 is 10.2 Å². The summed E-state index contributed by atoms with van der Waals surface area (Å²) in [6, 6.07) is 7.90. The van der Waals surface area contributed by atoms with Crippen LogP contribution in [0.5, 0.6) is 0 Å². The number of hydrogen-bond donors (Lipinski definition) is 1. The Hall–Kier alpha value is -3.35. The monoisotopic (exact) mass is 389 g/mol. The molecule has 2 aromatic heterocycles. The summed E-state index contributed by atoms with van der Waals surface area (Å²) >= 11 is 0. The fourth-order valence-electron chi connectivity index (χ4n) is 3.97. The third kappa shape index (κ3) is 2.85. The molecule has 1 saturated carbocycles. The number of benzene rings is 1. The highest BCUT2D eigenvalue weighted by molar-refractivity contribution is 6.09. The lowest BCUT2D eigenvalue weighted by Gasteiger charge is -2.17. The topological polar surface area (TPSA) is 71.0 Å². The summed E-state index contributed by atoms with van der Waals surface area (Å²) in [5, 5.41) is 4.27. The minimum Gasteiger partial charge on any atom is -0.324 e. The largest absolute Gasteiger partial charge is 0.324 e. The highest BCUT2D eigenvalue weighted by atomic mass is 19.1. The number of hydrogen-bond acceptors (Lipinski definition) is 5. The molecule has 1 amide bonds. The van der Waals surface area contributed by atoms with Crippen LogP contribution in [0.25, 0.3) is 10.9 Å². The molecule has 7 heteroatoms. The van der Waals surface area contributed by atoms with Gasteiger partial charge in [-0.1, -0.05) is 12.6 Å². The van der Waals surface area contributed by atoms with E-state index in [2.05, 4.69) is 26.8 Å². The molecule has 3 heterocycles. The summed E-state index contributed by atoms with van der Waals surface area (Å²) in [6.07, 6.45) is 5.18. The van der Waals surface area contributed by atoms with E-state index >= 15 is 0 Å². The number of carbonyl (C=O) groups excluding carboxylic acids is 1. The van der Waals surface area contributed by atoms with Gasteiger partial charge < -0.3 is 5.32 Å². The van der Waals surface area contributed by atoms with Crippen molar-refractivity contribution >= 4 is 34.3 Å². The van der Waals surface area contributed by atoms with Gasteiger partial charge in [0.1, 0.15) is 5.82 Å². The molecule has 0 atom stereocenters. The van der Waals surface area contributed by atoms with Crippen LogP contribution in [0.15, 0.2) is 49.1 Å². The normalized spacial score (nSPS) is 16.3. The van der Waals surface area contributed by atoms with Crippen LogP contribution in [0.4, 0.5) is 21.8 Å². The summed E-state index contributed by atoms with van der Waals surface area (Å²) < 4.78 is 13.2. The minimum atomic E-state index is -0.504. The summed E-state index contributed by atoms with van der Waals surface area (Å²) in [5.74, 6) is 0.535. The first-order valence-corrected chi connectivity index (χ1v) is 9.63. The number of aryl methyl sites for hydroxylation is 1. The summed E-state index contributed by atoms with van der Waals surface area (Å²) in [6.45, 7) is 5.53. The first kappa shape index (κ1) is 17.7. The van der Waals surface area contributed by atoms with Gasteiger partial charge in [0.2, 0.25) is 11.9 Å². The number of amides is 1. The van der Waals surface area contributed by atoms with E-state index in [-0.39, 0.29) is 18.9 Å². The van der Waals surface area contributed by atoms with E-state index in [4.69, 9.17) is 0 Å². The predicted octanol–water partition coefficient (Wildman–Crippen LogP) is 4.33. The van der Waals surface area contributed by atoms with E-state index in [1.165, 1.54) is 0 Å². The number of carbonyl (C=O) groups is 1. The van der Waals surface area contributed by atoms with Gasteiger partial charge in [0.15, 0.2) is 0 Å². The van der Waals surface area contributed by atoms with Gasteiger partial charge in [-0.15, -0.1) is 0 Å². The van der Waals surface area contributed by atoms with Gasteiger partial charge in [0.05, 0.1) is 16.8 Å². The maximum absolute atomic E-state index is 13.2. The SMILES string of the molecule is C=C(F)CCN1C(=O)C2(CC2)c2cnc(Nc3cc4cccnc4cc3C)nc21. The predicted molar refractivity (Wildman–Crippen MR) is 110 cm³/mol. The molecule has 6 nitrogen and oxygen atoms in total. The Kier molecular flexibility index (Phi) is 3.87. The zero-order valence-corrected chi connectivity index (χ0v) is 16.1. The number of pyridine rings is 1. The molecule has 1 N–H and O–H groups in total. The first-order valence-electron chi connectivity index (χ1n) is 9.63. The maximum Gasteiger partial charge on any atom is 0.239 e. The van der Waals surface area contributed by atoms with E-state index in [0.29, 0.717) is 11.8 Å². The van der Waals surface area contributed by atoms with E-state index in [9.17, 15) is 9.18 Å². The van der Waals surface area contributed by atoms with Crippen molar-refractivity contribution in [3.8, 4) is 0 Å². The average molecular weight is 389 g/mol. The molecule has 3 aromatic rings. The highest BCUT2D eigenvalue weighted by Gasteiger charge is 2.60. The third-order valence-corrected chi connectivity index (χ3v) is 5.75. The molecular weight excluding hydrogens is 369 g/mol. The highest BCUT2D eigenvalue weighted by Crippen LogP contribution is 2.56. The first-order chi connectivity index (χ1) is 14.0. The second kappa shape index (κ2) is 6.34. The van der Waals surface area contributed by atoms with Gasteiger partial charge in [-0.05, 0) is 43.5 Å². The molecule has 29 heavy (non-hydrogen) atoms. The van der Waals surface area contributed by atoms with Crippen LogP contribution in [0.3, 0.4) is 0 Å². The average Bonchev–Trinajstić information content (AvgIpc) is 3.46. The van der Waals surface area contributed by atoms with Crippen LogP contribution in [-0.2, 0) is 10.2 Å². The van der Waals surface area contributed by atoms with Crippen molar-refractivity contribution in [3.05, 3.63) is 60.2 Å². The molecule has 5 rings (SSSR count). The van der Waals surface area contributed by atoms with Crippen LogP contribution in [0.2, 0.25) is 0 Å². The van der Waals surface area contributed by atoms with Gasteiger partial charge in [-0.2, -0.15) is 4.98 Å². The molecule has 1 fully saturated rings. The summed E-state index contributed by atoms with van der Waals surface area (Å²) in [7, 11) is 0. The lowest BCUT2D eigenvalue weighted by molar-refractivity contribution is -0.120. The Balaban J connectivity index is 1.50. The quantitative estimate of drug-likeness (QED) is 0.703. The van der Waals surface area contributed by atoms with Crippen molar-refractivity contribution in [3.63, 3.8) is 0 Å². The van der Waals surface area contributed by atoms with Gasteiger partial charge in [-0.3, -0.25) is 14.7 Å². The number of anilines is 3. The second-order valence-corrected chi connectivity index (χ2v) is 7.73. The van der Waals surface area contributed by atoms with Crippen molar-refractivity contribution in [2.75, 3.05) is 16.8 Å². The van der Waals surface area contributed by atoms with E-state index in [1.807, 2.05) is 31.2 Å². The minimum absolute atomic E-state index is 0.00633. The van der Waals surface area contributed by atoms with Crippen molar-refractivity contribution < 1.29 is 9.18 Å². The Labute approximate surface area is 167 Å². The number of halogens is 1. The van der Waals surface area contributed by atoms with Crippen LogP contribution in [0, 0.1) is 6.92 Å². The molecular formula is C22H20FN5O. The third-order valence-electron chi connectivity index (χ3n) is 5.75. The van der Waals surface area contributed by atoms with Crippen LogP contribution >= 0.6 is 0 Å². The Morgan fingerprint density at radius 2 is 2.17 bits per heavy atom. The van der Waals surface area contributed by atoms with Gasteiger partial charge in [-0.25, -0.2) is 9.37 Å². The molecule has 1 aromatic carbocycles. The molecule has 0 saturated heterocycles. The lowest BCUT2D eigenvalue weighted by atomic mass is 10.0. The second-order valence-electron chi connectivity index (χ2n) is 7.73. The zero-order chi connectivity index (χ0) is 20.2. The summed E-state index contributed by atoms with van der Waals surface area (Å²) in [5.41, 5.74) is 3.15. The Morgan fingerprint density at radius 1 is 1.34 bits per heavy atom. The fraction of sp³-hybridized carbons (Fsp3) is 0.273. The Bertz CT molecular complexity index is 1170. The molecule has 1 aliphatic heterocycles. The van der Waals surface area contributed by atoms with Crippen molar-refractivity contribution in [2.24, 2.45) is 0 Å². The molecule has 1 spiro atoms. The van der Waals surface area contributed by atoms with E-state index < -0.39 is 11.2 Å². The Morgan fingerprint density at radius 3 is 2.93 bits per heavy atom. The van der Waals surface area contributed by atoms with Crippen molar-refractivity contribution in [1.29, 1.82) is 0 Å². The van der Waals surface area contributed by atoms with Crippen molar-refractivity contribution in [2.45, 2.75) is 31.6 Å². The fourth-order valence-corrected chi connectivity index (χ4v) is 3.97.